The van der Waals surface area contributed by atoms with E-state index >= 15 is 0 Å². The molecule has 1 aromatic rings. The van der Waals surface area contributed by atoms with Crippen LogP contribution in [-0.4, -0.2) is 25.9 Å². The molecule has 21 heavy (non-hydrogen) atoms. The number of hydrogen-bond acceptors (Lipinski definition) is 3. The molecule has 0 spiro atoms. The number of benzene rings is 1. The third-order valence-corrected chi connectivity index (χ3v) is 5.18. The lowest BCUT2D eigenvalue weighted by molar-refractivity contribution is 0.0542. The van der Waals surface area contributed by atoms with Gasteiger partial charge in [0.25, 0.3) is 0 Å². The molecule has 0 bridgehead atoms. The van der Waals surface area contributed by atoms with E-state index in [1.165, 1.54) is 18.4 Å². The van der Waals surface area contributed by atoms with Gasteiger partial charge in [0, 0.05) is 35.3 Å². The highest BCUT2D eigenvalue weighted by Gasteiger charge is 2.26. The lowest BCUT2D eigenvalue weighted by atomic mass is 9.91. The molecule has 1 N–H and O–H groups in total. The zero-order valence-electron chi connectivity index (χ0n) is 12.6. The Morgan fingerprint density at radius 3 is 2.81 bits per heavy atom. The third kappa shape index (κ3) is 3.79. The molecule has 2 atom stereocenters. The molecule has 4 heteroatoms. The highest BCUT2D eigenvalue weighted by atomic mass is 79.9. The molecule has 0 amide bonds. The largest absolute Gasteiger partial charge is 0.493 e. The van der Waals surface area contributed by atoms with Crippen molar-refractivity contribution in [2.45, 2.75) is 44.7 Å². The molecule has 0 radical (unpaired) electrons. The first-order valence-electron chi connectivity index (χ1n) is 8.00. The van der Waals surface area contributed by atoms with Crippen molar-refractivity contribution in [3.8, 4) is 5.75 Å². The minimum atomic E-state index is 0.397. The van der Waals surface area contributed by atoms with Crippen LogP contribution in [0.5, 0.6) is 5.75 Å². The monoisotopic (exact) mass is 353 g/mol. The van der Waals surface area contributed by atoms with Crippen LogP contribution in [0.25, 0.3) is 0 Å². The second kappa shape index (κ2) is 7.12. The van der Waals surface area contributed by atoms with Gasteiger partial charge in [0.05, 0.1) is 6.61 Å². The maximum absolute atomic E-state index is 5.90. The molecule has 116 valence electrons. The number of ether oxygens (including phenoxy) is 2. The molecular formula is C17H24BrNO2. The summed E-state index contributed by atoms with van der Waals surface area (Å²) in [5.41, 5.74) is 1.30. The summed E-state index contributed by atoms with van der Waals surface area (Å²) < 4.78 is 12.5. The van der Waals surface area contributed by atoms with Gasteiger partial charge in [-0.1, -0.05) is 22.0 Å². The molecule has 0 aliphatic carbocycles. The van der Waals surface area contributed by atoms with Gasteiger partial charge >= 0.3 is 0 Å². The van der Waals surface area contributed by atoms with Crippen LogP contribution in [-0.2, 0) is 4.74 Å². The van der Waals surface area contributed by atoms with Crippen molar-refractivity contribution >= 4 is 15.9 Å². The lowest BCUT2D eigenvalue weighted by Crippen LogP contribution is -2.38. The summed E-state index contributed by atoms with van der Waals surface area (Å²) in [6, 6.07) is 7.32. The smallest absolute Gasteiger partial charge is 0.125 e. The van der Waals surface area contributed by atoms with Crippen molar-refractivity contribution in [1.82, 2.24) is 5.32 Å². The van der Waals surface area contributed by atoms with Gasteiger partial charge in [-0.25, -0.2) is 0 Å². The first kappa shape index (κ1) is 15.3. The van der Waals surface area contributed by atoms with Crippen LogP contribution < -0.4 is 10.1 Å². The van der Waals surface area contributed by atoms with E-state index in [0.717, 1.165) is 48.8 Å². The fourth-order valence-electron chi connectivity index (χ4n) is 3.39. The molecule has 1 saturated heterocycles. The summed E-state index contributed by atoms with van der Waals surface area (Å²) in [5.74, 6) is 1.75. The Bertz CT molecular complexity index is 474. The van der Waals surface area contributed by atoms with E-state index < -0.39 is 0 Å². The Morgan fingerprint density at radius 1 is 1.19 bits per heavy atom. The first-order valence-corrected chi connectivity index (χ1v) is 8.79. The Labute approximate surface area is 135 Å². The second-order valence-corrected chi connectivity index (χ2v) is 7.05. The zero-order chi connectivity index (χ0) is 14.7. The summed E-state index contributed by atoms with van der Waals surface area (Å²) in [6.07, 6.45) is 4.59. The van der Waals surface area contributed by atoms with Gasteiger partial charge in [-0.05, 0) is 50.7 Å². The van der Waals surface area contributed by atoms with E-state index in [4.69, 9.17) is 9.47 Å². The molecule has 2 aliphatic rings. The number of hydrogen-bond donors (Lipinski definition) is 1. The van der Waals surface area contributed by atoms with Gasteiger partial charge < -0.3 is 14.8 Å². The van der Waals surface area contributed by atoms with Crippen LogP contribution in [0.4, 0.5) is 0 Å². The van der Waals surface area contributed by atoms with Gasteiger partial charge in [0.15, 0.2) is 0 Å². The Morgan fingerprint density at radius 2 is 2.00 bits per heavy atom. The van der Waals surface area contributed by atoms with Crippen molar-refractivity contribution in [3.63, 3.8) is 0 Å². The number of nitrogens with one attached hydrogen (secondary N) is 1. The molecule has 1 fully saturated rings. The highest BCUT2D eigenvalue weighted by molar-refractivity contribution is 9.10. The normalized spacial score (nSPS) is 24.8. The molecule has 2 unspecified atom stereocenters. The average Bonchev–Trinajstić information content (AvgIpc) is 2.70. The van der Waals surface area contributed by atoms with Crippen molar-refractivity contribution < 1.29 is 9.47 Å². The predicted octanol–water partition coefficient (Wildman–Crippen LogP) is 4.07. The van der Waals surface area contributed by atoms with Crippen LogP contribution in [0.3, 0.4) is 0 Å². The summed E-state index contributed by atoms with van der Waals surface area (Å²) in [7, 11) is 0. The molecule has 2 aliphatic heterocycles. The molecule has 2 heterocycles. The SMILES string of the molecule is CC(NC1CCCOc2cc(Br)ccc21)C1CCOCC1. The van der Waals surface area contributed by atoms with Crippen molar-refractivity contribution in [1.29, 1.82) is 0 Å². The van der Waals surface area contributed by atoms with Crippen LogP contribution in [0.1, 0.15) is 44.2 Å². The maximum atomic E-state index is 5.90. The molecule has 0 saturated carbocycles. The van der Waals surface area contributed by atoms with Crippen molar-refractivity contribution in [2.24, 2.45) is 5.92 Å². The number of halogens is 1. The number of fused-ring (bicyclic) bond motifs is 1. The van der Waals surface area contributed by atoms with Crippen LogP contribution in [0.2, 0.25) is 0 Å². The van der Waals surface area contributed by atoms with E-state index in [1.54, 1.807) is 0 Å². The molecular weight excluding hydrogens is 330 g/mol. The van der Waals surface area contributed by atoms with Gasteiger partial charge in [0.1, 0.15) is 5.75 Å². The molecule has 3 nitrogen and oxygen atoms in total. The second-order valence-electron chi connectivity index (χ2n) is 6.13. The van der Waals surface area contributed by atoms with Crippen molar-refractivity contribution in [3.05, 3.63) is 28.2 Å². The highest BCUT2D eigenvalue weighted by Crippen LogP contribution is 2.34. The zero-order valence-corrected chi connectivity index (χ0v) is 14.2. The summed E-state index contributed by atoms with van der Waals surface area (Å²) in [6.45, 7) is 4.95. The van der Waals surface area contributed by atoms with E-state index in [2.05, 4.69) is 46.4 Å². The Kier molecular flexibility index (Phi) is 5.19. The fourth-order valence-corrected chi connectivity index (χ4v) is 3.73. The summed E-state index contributed by atoms with van der Waals surface area (Å²) >= 11 is 3.53. The maximum Gasteiger partial charge on any atom is 0.125 e. The van der Waals surface area contributed by atoms with Crippen molar-refractivity contribution in [2.75, 3.05) is 19.8 Å². The minimum Gasteiger partial charge on any atom is -0.493 e. The first-order chi connectivity index (χ1) is 10.2. The average molecular weight is 354 g/mol. The van der Waals surface area contributed by atoms with Crippen LogP contribution >= 0.6 is 15.9 Å². The van der Waals surface area contributed by atoms with E-state index in [9.17, 15) is 0 Å². The lowest BCUT2D eigenvalue weighted by Gasteiger charge is -2.31. The molecule has 0 aromatic heterocycles. The van der Waals surface area contributed by atoms with Crippen LogP contribution in [0.15, 0.2) is 22.7 Å². The van der Waals surface area contributed by atoms with Gasteiger partial charge in [-0.15, -0.1) is 0 Å². The van der Waals surface area contributed by atoms with E-state index in [0.29, 0.717) is 12.1 Å². The topological polar surface area (TPSA) is 30.5 Å². The number of rotatable bonds is 3. The van der Waals surface area contributed by atoms with Gasteiger partial charge in [0.2, 0.25) is 0 Å². The summed E-state index contributed by atoms with van der Waals surface area (Å²) in [4.78, 5) is 0. The van der Waals surface area contributed by atoms with E-state index in [1.807, 2.05) is 0 Å². The molecule has 3 rings (SSSR count). The summed E-state index contributed by atoms with van der Waals surface area (Å²) in [5, 5.41) is 3.85. The third-order valence-electron chi connectivity index (χ3n) is 4.68. The van der Waals surface area contributed by atoms with Gasteiger partial charge in [-0.3, -0.25) is 0 Å². The quantitative estimate of drug-likeness (QED) is 0.888. The Balaban J connectivity index is 1.72. The fraction of sp³-hybridized carbons (Fsp3) is 0.647. The standard InChI is InChI=1S/C17H24BrNO2/c1-12(13-6-9-20-10-7-13)19-16-3-2-8-21-17-11-14(18)4-5-15(16)17/h4-5,11-13,16,19H,2-3,6-10H2,1H3. The van der Waals surface area contributed by atoms with Gasteiger partial charge in [-0.2, -0.15) is 0 Å². The van der Waals surface area contributed by atoms with Crippen LogP contribution in [0, 0.1) is 5.92 Å². The minimum absolute atomic E-state index is 0.397. The Hall–Kier alpha value is -0.580. The van der Waals surface area contributed by atoms with E-state index in [-0.39, 0.29) is 0 Å². The molecule has 1 aromatic carbocycles. The predicted molar refractivity (Wildman–Crippen MR) is 87.8 cm³/mol.